The number of hydrogen-bond acceptors (Lipinski definition) is 3. The summed E-state index contributed by atoms with van der Waals surface area (Å²) < 4.78 is 13.6. The van der Waals surface area contributed by atoms with Gasteiger partial charge in [-0.25, -0.2) is 4.39 Å². The summed E-state index contributed by atoms with van der Waals surface area (Å²) in [5.41, 5.74) is 2.74. The number of phenols is 1. The van der Waals surface area contributed by atoms with Gasteiger partial charge in [-0.3, -0.25) is 4.79 Å². The van der Waals surface area contributed by atoms with E-state index in [1.54, 1.807) is 6.07 Å². The van der Waals surface area contributed by atoms with Gasteiger partial charge < -0.3 is 15.7 Å². The zero-order valence-corrected chi connectivity index (χ0v) is 10.6. The lowest BCUT2D eigenvalue weighted by molar-refractivity contribution is 0.102. The van der Waals surface area contributed by atoms with Crippen LogP contribution in [0.25, 0.3) is 0 Å². The molecule has 0 unspecified atom stereocenters. The minimum absolute atomic E-state index is 0.0959. The van der Waals surface area contributed by atoms with Crippen LogP contribution in [0.15, 0.2) is 36.4 Å². The quantitative estimate of drug-likeness (QED) is 0.787. The fourth-order valence-corrected chi connectivity index (χ4v) is 2.27. The highest BCUT2D eigenvalue weighted by Gasteiger charge is 2.14. The third-order valence-corrected chi connectivity index (χ3v) is 3.27. The van der Waals surface area contributed by atoms with Crippen molar-refractivity contribution in [3.63, 3.8) is 0 Å². The predicted octanol–water partition coefficient (Wildman–Crippen LogP) is 2.75. The van der Waals surface area contributed by atoms with Gasteiger partial charge in [0.15, 0.2) is 0 Å². The van der Waals surface area contributed by atoms with Gasteiger partial charge in [-0.2, -0.15) is 0 Å². The van der Waals surface area contributed by atoms with E-state index >= 15 is 0 Å². The smallest absolute Gasteiger partial charge is 0.258 e. The first kappa shape index (κ1) is 12.5. The van der Waals surface area contributed by atoms with Gasteiger partial charge in [0.2, 0.25) is 0 Å². The second kappa shape index (κ2) is 4.85. The number of aromatic hydroxyl groups is 1. The average molecular weight is 272 g/mol. The van der Waals surface area contributed by atoms with E-state index in [1.165, 1.54) is 12.1 Å². The number of amides is 1. The lowest BCUT2D eigenvalue weighted by atomic mass is 10.1. The number of anilines is 2. The monoisotopic (exact) mass is 272 g/mol. The third kappa shape index (κ3) is 2.30. The van der Waals surface area contributed by atoms with Crippen molar-refractivity contribution in [2.75, 3.05) is 17.2 Å². The van der Waals surface area contributed by atoms with Crippen LogP contribution < -0.4 is 10.6 Å². The summed E-state index contributed by atoms with van der Waals surface area (Å²) in [6, 6.07) is 9.01. The van der Waals surface area contributed by atoms with Crippen LogP contribution in [-0.4, -0.2) is 17.6 Å². The van der Waals surface area contributed by atoms with Crippen molar-refractivity contribution in [2.45, 2.75) is 6.42 Å². The molecule has 0 aromatic heterocycles. The lowest BCUT2D eigenvalue weighted by Crippen LogP contribution is -2.13. The highest BCUT2D eigenvalue weighted by atomic mass is 19.1. The van der Waals surface area contributed by atoms with Gasteiger partial charge in [-0.05, 0) is 42.3 Å². The first-order valence-electron chi connectivity index (χ1n) is 6.30. The molecular formula is C15H13FN2O2. The zero-order chi connectivity index (χ0) is 14.1. The SMILES string of the molecule is O=C(Nc1ccc2c(c1)CCN2)c1ccc(O)cc1F. The Morgan fingerprint density at radius 3 is 2.90 bits per heavy atom. The van der Waals surface area contributed by atoms with Crippen molar-refractivity contribution in [1.82, 2.24) is 0 Å². The van der Waals surface area contributed by atoms with Gasteiger partial charge in [0.1, 0.15) is 11.6 Å². The second-order valence-electron chi connectivity index (χ2n) is 4.67. The summed E-state index contributed by atoms with van der Waals surface area (Å²) in [6.07, 6.45) is 0.909. The van der Waals surface area contributed by atoms with E-state index in [0.29, 0.717) is 5.69 Å². The lowest BCUT2D eigenvalue weighted by Gasteiger charge is -2.08. The van der Waals surface area contributed by atoms with Crippen molar-refractivity contribution in [3.05, 3.63) is 53.3 Å². The van der Waals surface area contributed by atoms with E-state index in [0.717, 1.165) is 30.3 Å². The van der Waals surface area contributed by atoms with Crippen LogP contribution in [0, 0.1) is 5.82 Å². The summed E-state index contributed by atoms with van der Waals surface area (Å²) in [4.78, 5) is 12.0. The van der Waals surface area contributed by atoms with Crippen LogP contribution in [0.1, 0.15) is 15.9 Å². The van der Waals surface area contributed by atoms with Crippen molar-refractivity contribution in [1.29, 1.82) is 0 Å². The molecular weight excluding hydrogens is 259 g/mol. The molecule has 20 heavy (non-hydrogen) atoms. The second-order valence-corrected chi connectivity index (χ2v) is 4.67. The summed E-state index contributed by atoms with van der Waals surface area (Å²) >= 11 is 0. The Balaban J connectivity index is 1.82. The Labute approximate surface area is 115 Å². The number of fused-ring (bicyclic) bond motifs is 1. The fourth-order valence-electron chi connectivity index (χ4n) is 2.27. The molecule has 0 saturated carbocycles. The Hall–Kier alpha value is -2.56. The minimum Gasteiger partial charge on any atom is -0.508 e. The highest BCUT2D eigenvalue weighted by Crippen LogP contribution is 2.25. The molecule has 3 rings (SSSR count). The molecule has 1 heterocycles. The van der Waals surface area contributed by atoms with Gasteiger partial charge in [-0.1, -0.05) is 0 Å². The van der Waals surface area contributed by atoms with E-state index in [-0.39, 0.29) is 11.3 Å². The zero-order valence-electron chi connectivity index (χ0n) is 10.6. The van der Waals surface area contributed by atoms with Crippen molar-refractivity contribution in [3.8, 4) is 5.75 Å². The molecule has 0 bridgehead atoms. The normalized spacial score (nSPS) is 12.7. The van der Waals surface area contributed by atoms with Crippen LogP contribution in [-0.2, 0) is 6.42 Å². The highest BCUT2D eigenvalue weighted by molar-refractivity contribution is 6.04. The molecule has 1 aliphatic rings. The molecule has 0 spiro atoms. The average Bonchev–Trinajstić information content (AvgIpc) is 2.85. The molecule has 4 nitrogen and oxygen atoms in total. The molecule has 0 atom stereocenters. The molecule has 0 aliphatic carbocycles. The van der Waals surface area contributed by atoms with E-state index in [9.17, 15) is 9.18 Å². The van der Waals surface area contributed by atoms with Crippen LogP contribution in [0.5, 0.6) is 5.75 Å². The summed E-state index contributed by atoms with van der Waals surface area (Å²) in [5, 5.41) is 15.0. The number of phenolic OH excluding ortho intramolecular Hbond substituents is 1. The van der Waals surface area contributed by atoms with Crippen molar-refractivity contribution >= 4 is 17.3 Å². The van der Waals surface area contributed by atoms with E-state index in [4.69, 9.17) is 5.11 Å². The van der Waals surface area contributed by atoms with Gasteiger partial charge in [0, 0.05) is 24.0 Å². The Bertz CT molecular complexity index is 686. The van der Waals surface area contributed by atoms with Crippen LogP contribution in [0.4, 0.5) is 15.8 Å². The largest absolute Gasteiger partial charge is 0.508 e. The Morgan fingerprint density at radius 2 is 2.10 bits per heavy atom. The van der Waals surface area contributed by atoms with E-state index < -0.39 is 11.7 Å². The van der Waals surface area contributed by atoms with Gasteiger partial charge >= 0.3 is 0 Å². The van der Waals surface area contributed by atoms with E-state index in [2.05, 4.69) is 10.6 Å². The molecule has 5 heteroatoms. The minimum atomic E-state index is -0.745. The molecule has 2 aromatic carbocycles. The molecule has 0 saturated heterocycles. The molecule has 0 fully saturated rings. The maximum Gasteiger partial charge on any atom is 0.258 e. The number of carbonyl (C=O) groups is 1. The third-order valence-electron chi connectivity index (χ3n) is 3.27. The van der Waals surface area contributed by atoms with E-state index in [1.807, 2.05) is 12.1 Å². The maximum atomic E-state index is 13.6. The standard InChI is InChI=1S/C15H13FN2O2/c16-13-8-11(19)2-3-12(13)15(20)18-10-1-4-14-9(7-10)5-6-17-14/h1-4,7-8,17,19H,5-6H2,(H,18,20). The predicted molar refractivity (Wildman–Crippen MR) is 74.7 cm³/mol. The number of nitrogens with one attached hydrogen (secondary N) is 2. The maximum absolute atomic E-state index is 13.6. The van der Waals surface area contributed by atoms with Crippen LogP contribution >= 0.6 is 0 Å². The van der Waals surface area contributed by atoms with Gasteiger partial charge in [-0.15, -0.1) is 0 Å². The van der Waals surface area contributed by atoms with Crippen LogP contribution in [0.3, 0.4) is 0 Å². The van der Waals surface area contributed by atoms with Gasteiger partial charge in [0.05, 0.1) is 5.56 Å². The van der Waals surface area contributed by atoms with Gasteiger partial charge in [0.25, 0.3) is 5.91 Å². The molecule has 2 aromatic rings. The number of benzene rings is 2. The first-order valence-corrected chi connectivity index (χ1v) is 6.30. The van der Waals surface area contributed by atoms with Crippen LogP contribution in [0.2, 0.25) is 0 Å². The number of hydrogen-bond donors (Lipinski definition) is 3. The number of halogens is 1. The summed E-state index contributed by atoms with van der Waals surface area (Å²) in [6.45, 7) is 0.888. The fraction of sp³-hybridized carbons (Fsp3) is 0.133. The molecule has 3 N–H and O–H groups in total. The Kier molecular flexibility index (Phi) is 3.02. The molecule has 1 aliphatic heterocycles. The molecule has 102 valence electrons. The Morgan fingerprint density at radius 1 is 1.25 bits per heavy atom. The topological polar surface area (TPSA) is 61.4 Å². The summed E-state index contributed by atoms with van der Waals surface area (Å²) in [5.74, 6) is -1.48. The molecule has 0 radical (unpaired) electrons. The molecule has 1 amide bonds. The van der Waals surface area contributed by atoms with Crippen molar-refractivity contribution in [2.24, 2.45) is 0 Å². The number of carbonyl (C=O) groups excluding carboxylic acids is 1. The summed E-state index contributed by atoms with van der Waals surface area (Å²) in [7, 11) is 0. The first-order chi connectivity index (χ1) is 9.63. The van der Waals surface area contributed by atoms with Crippen molar-refractivity contribution < 1.29 is 14.3 Å². The number of rotatable bonds is 2.